The van der Waals surface area contributed by atoms with Crippen LogP contribution in [0.2, 0.25) is 0 Å². The Morgan fingerprint density at radius 2 is 1.89 bits per heavy atom. The molecule has 36 heavy (non-hydrogen) atoms. The van der Waals surface area contributed by atoms with Crippen molar-refractivity contribution in [2.24, 2.45) is 0 Å². The smallest absolute Gasteiger partial charge is 0.410 e. The number of carbonyl (C=O) groups excluding carboxylic acids is 1. The van der Waals surface area contributed by atoms with E-state index in [-0.39, 0.29) is 29.8 Å². The van der Waals surface area contributed by atoms with E-state index in [9.17, 15) is 14.9 Å². The van der Waals surface area contributed by atoms with Crippen molar-refractivity contribution in [1.29, 1.82) is 0 Å². The second-order valence-corrected chi connectivity index (χ2v) is 9.70. The number of likely N-dealkylation sites (N-methyl/N-ethyl adjacent to an activating group) is 1. The number of piperidine rings is 1. The third-order valence-electron chi connectivity index (χ3n) is 7.09. The van der Waals surface area contributed by atoms with Crippen LogP contribution in [0.4, 0.5) is 10.5 Å². The lowest BCUT2D eigenvalue weighted by Gasteiger charge is -2.39. The van der Waals surface area contributed by atoms with Crippen LogP contribution in [-0.2, 0) is 16.8 Å². The number of ether oxygens (including phenoxy) is 1. The van der Waals surface area contributed by atoms with Crippen molar-refractivity contribution < 1.29 is 14.5 Å². The first-order valence-electron chi connectivity index (χ1n) is 12.6. The van der Waals surface area contributed by atoms with Crippen LogP contribution in [-0.4, -0.2) is 66.6 Å². The second-order valence-electron chi connectivity index (χ2n) is 9.70. The highest BCUT2D eigenvalue weighted by molar-refractivity contribution is 5.68. The van der Waals surface area contributed by atoms with E-state index in [1.807, 2.05) is 7.05 Å². The van der Waals surface area contributed by atoms with Gasteiger partial charge in [0.2, 0.25) is 0 Å². The SMILES string of the molecule is C=CCN(C(=O)OCc1ccc([N+](=O)[O-])cc1)C1CCN(CCC(C)(CNC)c2ccccc2)CC1. The van der Waals surface area contributed by atoms with Gasteiger partial charge in [0.25, 0.3) is 5.69 Å². The van der Waals surface area contributed by atoms with Gasteiger partial charge in [0.05, 0.1) is 4.92 Å². The lowest BCUT2D eigenvalue weighted by Crippen LogP contribution is -2.48. The van der Waals surface area contributed by atoms with Crippen LogP contribution >= 0.6 is 0 Å². The van der Waals surface area contributed by atoms with Gasteiger partial charge in [-0.15, -0.1) is 6.58 Å². The third kappa shape index (κ3) is 7.38. The summed E-state index contributed by atoms with van der Waals surface area (Å²) in [5.41, 5.74) is 2.14. The number of nitrogens with one attached hydrogen (secondary N) is 1. The summed E-state index contributed by atoms with van der Waals surface area (Å²) < 4.78 is 5.54. The Morgan fingerprint density at radius 1 is 1.22 bits per heavy atom. The number of benzene rings is 2. The van der Waals surface area contributed by atoms with Crippen molar-refractivity contribution in [3.8, 4) is 0 Å². The molecule has 0 aliphatic carbocycles. The van der Waals surface area contributed by atoms with Crippen LogP contribution in [0.25, 0.3) is 0 Å². The topological polar surface area (TPSA) is 88.0 Å². The van der Waals surface area contributed by atoms with E-state index in [2.05, 4.69) is 54.1 Å². The minimum absolute atomic E-state index is 0.0140. The lowest BCUT2D eigenvalue weighted by molar-refractivity contribution is -0.384. The molecular weight excluding hydrogens is 456 g/mol. The number of carbonyl (C=O) groups is 1. The third-order valence-corrected chi connectivity index (χ3v) is 7.09. The fraction of sp³-hybridized carbons (Fsp3) is 0.464. The van der Waals surface area contributed by atoms with Crippen LogP contribution in [0, 0.1) is 10.1 Å². The minimum atomic E-state index is -0.448. The summed E-state index contributed by atoms with van der Waals surface area (Å²) in [7, 11) is 2.00. The molecular formula is C28H38N4O4. The molecule has 1 N–H and O–H groups in total. The predicted molar refractivity (Wildman–Crippen MR) is 142 cm³/mol. The Balaban J connectivity index is 1.51. The van der Waals surface area contributed by atoms with Crippen LogP contribution in [0.1, 0.15) is 37.3 Å². The summed E-state index contributed by atoms with van der Waals surface area (Å²) in [6.45, 7) is 10.4. The molecule has 1 fully saturated rings. The maximum atomic E-state index is 12.9. The number of likely N-dealkylation sites (tertiary alicyclic amines) is 1. The number of rotatable bonds is 12. The van der Waals surface area contributed by atoms with Gasteiger partial charge >= 0.3 is 6.09 Å². The van der Waals surface area contributed by atoms with E-state index in [1.54, 1.807) is 23.1 Å². The first kappa shape index (κ1) is 27.4. The maximum absolute atomic E-state index is 12.9. The van der Waals surface area contributed by atoms with E-state index in [1.165, 1.54) is 17.7 Å². The standard InChI is InChI=1S/C28H38N4O4/c1-4-17-31(27(33)36-21-23-10-12-26(13-11-23)32(34)35)25-14-18-30(19-15-25)20-16-28(2,22-29-3)24-8-6-5-7-9-24/h4-13,25,29H,1,14-22H2,2-3H3. The number of hydrogen-bond acceptors (Lipinski definition) is 6. The summed E-state index contributed by atoms with van der Waals surface area (Å²) in [6, 6.07) is 16.8. The summed E-state index contributed by atoms with van der Waals surface area (Å²) in [6.07, 6.45) is 4.17. The molecule has 1 amide bonds. The molecule has 2 aromatic carbocycles. The number of non-ortho nitro benzene ring substituents is 1. The van der Waals surface area contributed by atoms with Gasteiger partial charge in [0.1, 0.15) is 6.61 Å². The maximum Gasteiger partial charge on any atom is 0.410 e. The number of nitrogens with zero attached hydrogens (tertiary/aromatic N) is 3. The number of nitro groups is 1. The fourth-order valence-corrected chi connectivity index (χ4v) is 4.88. The largest absolute Gasteiger partial charge is 0.445 e. The average Bonchev–Trinajstić information content (AvgIpc) is 2.90. The fourth-order valence-electron chi connectivity index (χ4n) is 4.88. The minimum Gasteiger partial charge on any atom is -0.445 e. The predicted octanol–water partition coefficient (Wildman–Crippen LogP) is 4.75. The zero-order valence-electron chi connectivity index (χ0n) is 21.4. The molecule has 2 aromatic rings. The van der Waals surface area contributed by atoms with Crippen molar-refractivity contribution in [2.45, 2.75) is 44.2 Å². The highest BCUT2D eigenvalue weighted by atomic mass is 16.6. The van der Waals surface area contributed by atoms with E-state index in [4.69, 9.17) is 4.74 Å². The quantitative estimate of drug-likeness (QED) is 0.260. The van der Waals surface area contributed by atoms with Gasteiger partial charge in [-0.1, -0.05) is 43.3 Å². The van der Waals surface area contributed by atoms with Crippen molar-refractivity contribution in [1.82, 2.24) is 15.1 Å². The Morgan fingerprint density at radius 3 is 2.47 bits per heavy atom. The number of nitro benzene ring substituents is 1. The van der Waals surface area contributed by atoms with Gasteiger partial charge in [-0.3, -0.25) is 10.1 Å². The Bertz CT molecular complexity index is 990. The summed E-state index contributed by atoms with van der Waals surface area (Å²) in [5.74, 6) is 0. The molecule has 1 atom stereocenters. The highest BCUT2D eigenvalue weighted by Gasteiger charge is 2.31. The molecule has 1 aliphatic rings. The Hall–Kier alpha value is -3.23. The molecule has 8 heteroatoms. The summed E-state index contributed by atoms with van der Waals surface area (Å²) >= 11 is 0. The normalized spacial score (nSPS) is 16.2. The summed E-state index contributed by atoms with van der Waals surface area (Å²) in [4.78, 5) is 27.5. The summed E-state index contributed by atoms with van der Waals surface area (Å²) in [5, 5.41) is 14.2. The molecule has 194 valence electrons. The van der Waals surface area contributed by atoms with Crippen LogP contribution in [0.5, 0.6) is 0 Å². The molecule has 1 heterocycles. The first-order chi connectivity index (χ1) is 17.4. The van der Waals surface area contributed by atoms with Gasteiger partial charge in [-0.2, -0.15) is 0 Å². The highest BCUT2D eigenvalue weighted by Crippen LogP contribution is 2.28. The molecule has 3 rings (SSSR count). The van der Waals surface area contributed by atoms with E-state index in [0.29, 0.717) is 12.1 Å². The Labute approximate surface area is 214 Å². The molecule has 8 nitrogen and oxygen atoms in total. The molecule has 0 saturated carbocycles. The Kier molecular flexibility index (Phi) is 10.0. The van der Waals surface area contributed by atoms with Crippen LogP contribution in [0.3, 0.4) is 0 Å². The van der Waals surface area contributed by atoms with E-state index >= 15 is 0 Å². The van der Waals surface area contributed by atoms with Crippen LogP contribution in [0.15, 0.2) is 67.3 Å². The van der Waals surface area contributed by atoms with E-state index in [0.717, 1.165) is 45.4 Å². The molecule has 1 aliphatic heterocycles. The molecule has 1 unspecified atom stereocenters. The zero-order valence-corrected chi connectivity index (χ0v) is 21.4. The molecule has 0 aromatic heterocycles. The second kappa shape index (κ2) is 13.2. The monoisotopic (exact) mass is 494 g/mol. The average molecular weight is 495 g/mol. The number of amides is 1. The zero-order chi connectivity index (χ0) is 26.0. The van der Waals surface area contributed by atoms with Crippen molar-refractivity contribution in [2.75, 3.05) is 39.8 Å². The van der Waals surface area contributed by atoms with Gasteiger partial charge in [0.15, 0.2) is 0 Å². The van der Waals surface area contributed by atoms with Gasteiger partial charge in [-0.05, 0) is 56.1 Å². The lowest BCUT2D eigenvalue weighted by atomic mass is 9.79. The van der Waals surface area contributed by atoms with Crippen molar-refractivity contribution in [3.63, 3.8) is 0 Å². The van der Waals surface area contributed by atoms with Gasteiger partial charge in [-0.25, -0.2) is 4.79 Å². The molecule has 0 radical (unpaired) electrons. The van der Waals surface area contributed by atoms with Crippen LogP contribution < -0.4 is 5.32 Å². The van der Waals surface area contributed by atoms with Crippen molar-refractivity contribution >= 4 is 11.8 Å². The van der Waals surface area contributed by atoms with Gasteiger partial charge in [0, 0.05) is 49.8 Å². The van der Waals surface area contributed by atoms with Gasteiger partial charge < -0.3 is 19.9 Å². The number of hydrogen-bond donors (Lipinski definition) is 1. The van der Waals surface area contributed by atoms with E-state index < -0.39 is 4.92 Å². The van der Waals surface area contributed by atoms with Crippen molar-refractivity contribution in [3.05, 3.63) is 88.5 Å². The molecule has 1 saturated heterocycles. The molecule has 0 bridgehead atoms. The molecule has 0 spiro atoms. The first-order valence-corrected chi connectivity index (χ1v) is 12.6.